The fourth-order valence-electron chi connectivity index (χ4n) is 1.52. The zero-order valence-corrected chi connectivity index (χ0v) is 11.8. The van der Waals surface area contributed by atoms with Crippen LogP contribution in [0.25, 0.3) is 0 Å². The van der Waals surface area contributed by atoms with Crippen LogP contribution in [0, 0.1) is 11.6 Å². The van der Waals surface area contributed by atoms with Crippen molar-refractivity contribution in [3.05, 3.63) is 35.4 Å². The van der Waals surface area contributed by atoms with E-state index in [1.807, 2.05) is 5.32 Å². The molecule has 6 nitrogen and oxygen atoms in total. The lowest BCUT2D eigenvalue weighted by molar-refractivity contribution is -0.139. The predicted molar refractivity (Wildman–Crippen MR) is 69.6 cm³/mol. The van der Waals surface area contributed by atoms with Gasteiger partial charge in [-0.2, -0.15) is 0 Å². The molecule has 1 amide bonds. The molecule has 1 aromatic carbocycles. The zero-order valence-electron chi connectivity index (χ0n) is 11.0. The minimum Gasteiger partial charge on any atom is -0.480 e. The van der Waals surface area contributed by atoms with Crippen LogP contribution in [0.15, 0.2) is 18.2 Å². The summed E-state index contributed by atoms with van der Waals surface area (Å²) in [6.07, 6.45) is 0.577. The number of amides is 1. The van der Waals surface area contributed by atoms with Crippen molar-refractivity contribution in [2.75, 3.05) is 12.0 Å². The predicted octanol–water partition coefficient (Wildman–Crippen LogP) is 0.582. The van der Waals surface area contributed by atoms with Gasteiger partial charge in [0.2, 0.25) is 0 Å². The van der Waals surface area contributed by atoms with Gasteiger partial charge in [0.1, 0.15) is 27.5 Å². The summed E-state index contributed by atoms with van der Waals surface area (Å²) >= 11 is 0. The SMILES string of the molecule is CS(=O)(=O)CCC(NC(=O)c1cc(F)cc(F)c1)C(=O)O. The van der Waals surface area contributed by atoms with Gasteiger partial charge >= 0.3 is 5.97 Å². The van der Waals surface area contributed by atoms with E-state index in [1.165, 1.54) is 0 Å². The molecule has 9 heteroatoms. The number of carbonyl (C=O) groups is 2. The van der Waals surface area contributed by atoms with E-state index in [1.54, 1.807) is 0 Å². The number of carbonyl (C=O) groups excluding carboxylic acids is 1. The summed E-state index contributed by atoms with van der Waals surface area (Å²) in [4.78, 5) is 22.7. The van der Waals surface area contributed by atoms with Gasteiger partial charge in [-0.3, -0.25) is 4.79 Å². The van der Waals surface area contributed by atoms with E-state index < -0.39 is 50.7 Å². The van der Waals surface area contributed by atoms with Gasteiger partial charge in [0.15, 0.2) is 0 Å². The van der Waals surface area contributed by atoms with E-state index in [4.69, 9.17) is 5.11 Å². The first-order valence-electron chi connectivity index (χ1n) is 5.76. The van der Waals surface area contributed by atoms with Crippen LogP contribution >= 0.6 is 0 Å². The van der Waals surface area contributed by atoms with Gasteiger partial charge in [0.25, 0.3) is 5.91 Å². The number of benzene rings is 1. The second kappa shape index (κ2) is 6.61. The number of rotatable bonds is 6. The second-order valence-corrected chi connectivity index (χ2v) is 6.70. The molecule has 0 radical (unpaired) electrons. The molecule has 0 aliphatic heterocycles. The summed E-state index contributed by atoms with van der Waals surface area (Å²) in [7, 11) is -3.40. The molecule has 0 heterocycles. The minimum atomic E-state index is -3.40. The van der Waals surface area contributed by atoms with E-state index in [9.17, 15) is 26.8 Å². The Hall–Kier alpha value is -2.03. The maximum atomic E-state index is 13.0. The Bertz CT molecular complexity index is 639. The molecule has 1 aromatic rings. The highest BCUT2D eigenvalue weighted by Crippen LogP contribution is 2.08. The first kappa shape index (κ1) is 17.0. The monoisotopic (exact) mass is 321 g/mol. The standard InChI is InChI=1S/C12H13F2NO5S/c1-21(19,20)3-2-10(12(17)18)15-11(16)7-4-8(13)6-9(14)5-7/h4-6,10H,2-3H2,1H3,(H,15,16)(H,17,18). The van der Waals surface area contributed by atoms with E-state index in [0.717, 1.165) is 18.4 Å². The van der Waals surface area contributed by atoms with E-state index in [0.29, 0.717) is 6.07 Å². The number of aliphatic carboxylic acids is 1. The first-order chi connectivity index (χ1) is 9.58. The Balaban J connectivity index is 2.83. The van der Waals surface area contributed by atoms with Gasteiger partial charge in [0.05, 0.1) is 5.75 Å². The van der Waals surface area contributed by atoms with Crippen molar-refractivity contribution in [2.24, 2.45) is 0 Å². The summed E-state index contributed by atoms with van der Waals surface area (Å²) < 4.78 is 47.9. The molecule has 0 aromatic heterocycles. The fourth-order valence-corrected chi connectivity index (χ4v) is 2.18. The van der Waals surface area contributed by atoms with Crippen molar-refractivity contribution >= 4 is 21.7 Å². The summed E-state index contributed by atoms with van der Waals surface area (Å²) in [6.45, 7) is 0. The maximum absolute atomic E-state index is 13.0. The van der Waals surface area contributed by atoms with Gasteiger partial charge in [-0.25, -0.2) is 22.0 Å². The van der Waals surface area contributed by atoms with Gasteiger partial charge in [-0.15, -0.1) is 0 Å². The lowest BCUT2D eigenvalue weighted by Gasteiger charge is -2.14. The Morgan fingerprint density at radius 2 is 1.76 bits per heavy atom. The molecule has 0 aliphatic rings. The number of sulfone groups is 1. The van der Waals surface area contributed by atoms with Crippen molar-refractivity contribution in [3.8, 4) is 0 Å². The molecule has 21 heavy (non-hydrogen) atoms. The van der Waals surface area contributed by atoms with Crippen molar-refractivity contribution in [3.63, 3.8) is 0 Å². The van der Waals surface area contributed by atoms with Crippen molar-refractivity contribution in [2.45, 2.75) is 12.5 Å². The van der Waals surface area contributed by atoms with Crippen LogP contribution in [0.3, 0.4) is 0 Å². The summed E-state index contributed by atoms with van der Waals surface area (Å²) in [5, 5.41) is 10.9. The topological polar surface area (TPSA) is 101 Å². The highest BCUT2D eigenvalue weighted by molar-refractivity contribution is 7.90. The number of carboxylic acids is 1. The lowest BCUT2D eigenvalue weighted by atomic mass is 10.1. The normalized spacial score (nSPS) is 12.7. The Morgan fingerprint density at radius 3 is 2.19 bits per heavy atom. The summed E-state index contributed by atoms with van der Waals surface area (Å²) in [5.74, 6) is -4.86. The maximum Gasteiger partial charge on any atom is 0.326 e. The van der Waals surface area contributed by atoms with Crippen LogP contribution in [0.5, 0.6) is 0 Å². The minimum absolute atomic E-state index is 0.349. The van der Waals surface area contributed by atoms with Crippen molar-refractivity contribution < 1.29 is 31.9 Å². The summed E-state index contributed by atoms with van der Waals surface area (Å²) in [5.41, 5.74) is -0.391. The number of nitrogens with one attached hydrogen (secondary N) is 1. The molecule has 116 valence electrons. The van der Waals surface area contributed by atoms with Crippen LogP contribution in [-0.4, -0.2) is 43.5 Å². The van der Waals surface area contributed by atoms with Crippen LogP contribution in [0.1, 0.15) is 16.8 Å². The molecule has 0 aliphatic carbocycles. The van der Waals surface area contributed by atoms with Crippen LogP contribution in [0.4, 0.5) is 8.78 Å². The molecule has 1 rings (SSSR count). The van der Waals surface area contributed by atoms with Gasteiger partial charge in [-0.05, 0) is 18.6 Å². The van der Waals surface area contributed by atoms with E-state index >= 15 is 0 Å². The van der Waals surface area contributed by atoms with Crippen molar-refractivity contribution in [1.82, 2.24) is 5.32 Å². The largest absolute Gasteiger partial charge is 0.480 e. The smallest absolute Gasteiger partial charge is 0.326 e. The number of hydrogen-bond acceptors (Lipinski definition) is 4. The first-order valence-corrected chi connectivity index (χ1v) is 7.82. The van der Waals surface area contributed by atoms with E-state index in [-0.39, 0.29) is 6.42 Å². The molecule has 0 saturated heterocycles. The second-order valence-electron chi connectivity index (χ2n) is 4.44. The Morgan fingerprint density at radius 1 is 1.24 bits per heavy atom. The van der Waals surface area contributed by atoms with Crippen LogP contribution in [-0.2, 0) is 14.6 Å². The van der Waals surface area contributed by atoms with Gasteiger partial charge < -0.3 is 10.4 Å². The zero-order chi connectivity index (χ0) is 16.2. The molecule has 0 bridgehead atoms. The molecular formula is C12H13F2NO5S. The van der Waals surface area contributed by atoms with Crippen LogP contribution in [0.2, 0.25) is 0 Å². The molecule has 0 spiro atoms. The Kier molecular flexibility index (Phi) is 5.36. The number of halogens is 2. The average molecular weight is 321 g/mol. The molecule has 2 N–H and O–H groups in total. The molecule has 1 atom stereocenters. The lowest BCUT2D eigenvalue weighted by Crippen LogP contribution is -2.42. The molecule has 1 unspecified atom stereocenters. The highest BCUT2D eigenvalue weighted by atomic mass is 32.2. The third-order valence-electron chi connectivity index (χ3n) is 2.51. The number of hydrogen-bond donors (Lipinski definition) is 2. The molecule has 0 saturated carbocycles. The quantitative estimate of drug-likeness (QED) is 0.798. The molecular weight excluding hydrogens is 308 g/mol. The highest BCUT2D eigenvalue weighted by Gasteiger charge is 2.22. The van der Waals surface area contributed by atoms with Gasteiger partial charge in [0, 0.05) is 17.9 Å². The van der Waals surface area contributed by atoms with Crippen molar-refractivity contribution in [1.29, 1.82) is 0 Å². The van der Waals surface area contributed by atoms with Crippen LogP contribution < -0.4 is 5.32 Å². The third-order valence-corrected chi connectivity index (χ3v) is 3.48. The average Bonchev–Trinajstić information content (AvgIpc) is 2.31. The Labute approximate surface area is 119 Å². The number of carboxylic acid groups (broad SMARTS) is 1. The van der Waals surface area contributed by atoms with Gasteiger partial charge in [-0.1, -0.05) is 0 Å². The van der Waals surface area contributed by atoms with E-state index in [2.05, 4.69) is 0 Å². The third kappa shape index (κ3) is 5.86. The molecule has 0 fully saturated rings. The fraction of sp³-hybridized carbons (Fsp3) is 0.333. The summed E-state index contributed by atoms with van der Waals surface area (Å²) in [6, 6.07) is 0.579.